The predicted octanol–water partition coefficient (Wildman–Crippen LogP) is 3.78. The number of hydrogen-bond donors (Lipinski definition) is 1. The minimum absolute atomic E-state index is 0.161. The van der Waals surface area contributed by atoms with Gasteiger partial charge in [0.25, 0.3) is 0 Å². The van der Waals surface area contributed by atoms with E-state index in [-0.39, 0.29) is 11.9 Å². The van der Waals surface area contributed by atoms with E-state index < -0.39 is 0 Å². The second-order valence-corrected chi connectivity index (χ2v) is 5.63. The summed E-state index contributed by atoms with van der Waals surface area (Å²) in [5, 5.41) is 13.2. The average Bonchev–Trinajstić information content (AvgIpc) is 2.82. The lowest BCUT2D eigenvalue weighted by Crippen LogP contribution is -2.17. The monoisotopic (exact) mass is 329 g/mol. The van der Waals surface area contributed by atoms with Crippen LogP contribution in [-0.4, -0.2) is 16.7 Å². The van der Waals surface area contributed by atoms with E-state index in [1.165, 1.54) is 17.4 Å². The fourth-order valence-corrected chi connectivity index (χ4v) is 3.07. The maximum Gasteiger partial charge on any atom is 0.149 e. The summed E-state index contributed by atoms with van der Waals surface area (Å²) in [5.74, 6) is -0.288. The molecule has 1 aromatic heterocycles. The predicted molar refractivity (Wildman–Crippen MR) is 75.1 cm³/mol. The van der Waals surface area contributed by atoms with E-state index >= 15 is 0 Å². The zero-order valence-electron chi connectivity index (χ0n) is 10.1. The van der Waals surface area contributed by atoms with E-state index in [4.69, 9.17) is 0 Å². The molecule has 2 rings (SSSR count). The van der Waals surface area contributed by atoms with Gasteiger partial charge in [-0.15, -0.1) is 10.2 Å². The van der Waals surface area contributed by atoms with Crippen molar-refractivity contribution in [3.05, 3.63) is 33.5 Å². The molecule has 1 heterocycles. The Kier molecular flexibility index (Phi) is 4.42. The largest absolute Gasteiger partial charge is 0.308 e. The molecule has 0 aliphatic rings. The first-order valence-electron chi connectivity index (χ1n) is 5.64. The van der Waals surface area contributed by atoms with Gasteiger partial charge < -0.3 is 5.32 Å². The highest BCUT2D eigenvalue weighted by molar-refractivity contribution is 9.10. The molecule has 0 bridgehead atoms. The Labute approximate surface area is 118 Å². The molecule has 18 heavy (non-hydrogen) atoms. The molecule has 0 fully saturated rings. The highest BCUT2D eigenvalue weighted by Gasteiger charge is 2.15. The summed E-state index contributed by atoms with van der Waals surface area (Å²) in [4.78, 5) is 0. The number of nitrogens with one attached hydrogen (secondary N) is 1. The Morgan fingerprint density at radius 1 is 1.44 bits per heavy atom. The summed E-state index contributed by atoms with van der Waals surface area (Å²) in [6.07, 6.45) is 0. The zero-order valence-corrected chi connectivity index (χ0v) is 12.5. The molecule has 0 aliphatic heterocycles. The van der Waals surface area contributed by atoms with Crippen molar-refractivity contribution in [1.29, 1.82) is 0 Å². The van der Waals surface area contributed by atoms with E-state index in [9.17, 15) is 4.39 Å². The van der Waals surface area contributed by atoms with Crippen molar-refractivity contribution in [2.45, 2.75) is 19.9 Å². The van der Waals surface area contributed by atoms with Crippen LogP contribution in [0.5, 0.6) is 0 Å². The Balaban J connectivity index is 2.32. The van der Waals surface area contributed by atoms with Gasteiger partial charge in [0, 0.05) is 5.56 Å². The van der Waals surface area contributed by atoms with E-state index in [0.717, 1.165) is 22.1 Å². The minimum atomic E-state index is -0.288. The molecular weight excluding hydrogens is 317 g/mol. The fraction of sp³-hybridized carbons (Fsp3) is 0.333. The molecule has 1 N–H and O–H groups in total. The number of halogens is 2. The van der Waals surface area contributed by atoms with Crippen LogP contribution in [0.2, 0.25) is 0 Å². The van der Waals surface area contributed by atoms with Crippen molar-refractivity contribution < 1.29 is 4.39 Å². The zero-order chi connectivity index (χ0) is 13.1. The van der Waals surface area contributed by atoms with Crippen LogP contribution in [0.4, 0.5) is 4.39 Å². The molecule has 1 unspecified atom stereocenters. The topological polar surface area (TPSA) is 37.8 Å². The Bertz CT molecular complexity index is 544. The van der Waals surface area contributed by atoms with E-state index in [0.29, 0.717) is 4.47 Å². The number of rotatable bonds is 4. The Hall–Kier alpha value is -0.850. The Morgan fingerprint density at radius 2 is 2.22 bits per heavy atom. The second kappa shape index (κ2) is 5.86. The lowest BCUT2D eigenvalue weighted by Gasteiger charge is -2.06. The van der Waals surface area contributed by atoms with E-state index in [1.807, 2.05) is 19.9 Å². The summed E-state index contributed by atoms with van der Waals surface area (Å²) in [5.41, 5.74) is 0.738. The van der Waals surface area contributed by atoms with Gasteiger partial charge >= 0.3 is 0 Å². The van der Waals surface area contributed by atoms with Gasteiger partial charge in [-0.2, -0.15) is 0 Å². The number of aromatic nitrogens is 2. The lowest BCUT2D eigenvalue weighted by molar-refractivity contribution is 0.590. The molecule has 2 aromatic rings. The van der Waals surface area contributed by atoms with Crippen molar-refractivity contribution in [3.8, 4) is 10.6 Å². The standard InChI is InChI=1S/C12H13BrFN3S/c1-3-15-7(2)11-16-17-12(18-11)8-5-4-6-9(14)10(8)13/h4-7,15H,3H2,1-2H3. The van der Waals surface area contributed by atoms with Crippen LogP contribution >= 0.6 is 27.3 Å². The molecule has 96 valence electrons. The molecule has 1 aromatic carbocycles. The van der Waals surface area contributed by atoms with E-state index in [1.54, 1.807) is 6.07 Å². The maximum atomic E-state index is 13.4. The minimum Gasteiger partial charge on any atom is -0.308 e. The quantitative estimate of drug-likeness (QED) is 0.927. The van der Waals surface area contributed by atoms with Crippen molar-refractivity contribution in [3.63, 3.8) is 0 Å². The van der Waals surface area contributed by atoms with Crippen LogP contribution in [0.25, 0.3) is 10.6 Å². The highest BCUT2D eigenvalue weighted by Crippen LogP contribution is 2.33. The third-order valence-electron chi connectivity index (χ3n) is 2.50. The summed E-state index contributed by atoms with van der Waals surface area (Å²) in [6.45, 7) is 4.95. The smallest absolute Gasteiger partial charge is 0.149 e. The molecule has 0 saturated carbocycles. The second-order valence-electron chi connectivity index (χ2n) is 3.83. The van der Waals surface area contributed by atoms with Crippen molar-refractivity contribution in [2.24, 2.45) is 0 Å². The number of nitrogens with zero attached hydrogens (tertiary/aromatic N) is 2. The SMILES string of the molecule is CCNC(C)c1nnc(-c2cccc(F)c2Br)s1. The van der Waals surface area contributed by atoms with Gasteiger partial charge in [-0.05, 0) is 35.5 Å². The highest BCUT2D eigenvalue weighted by atomic mass is 79.9. The third-order valence-corrected chi connectivity index (χ3v) is 4.45. The Morgan fingerprint density at radius 3 is 2.94 bits per heavy atom. The third kappa shape index (κ3) is 2.76. The molecule has 0 spiro atoms. The molecule has 3 nitrogen and oxygen atoms in total. The van der Waals surface area contributed by atoms with Gasteiger partial charge in [0.1, 0.15) is 15.8 Å². The first-order valence-corrected chi connectivity index (χ1v) is 7.25. The van der Waals surface area contributed by atoms with Crippen molar-refractivity contribution >= 4 is 27.3 Å². The number of benzene rings is 1. The first kappa shape index (κ1) is 13.6. The molecule has 6 heteroatoms. The van der Waals surface area contributed by atoms with Crippen LogP contribution in [0.1, 0.15) is 24.9 Å². The van der Waals surface area contributed by atoms with Gasteiger partial charge in [-0.3, -0.25) is 0 Å². The lowest BCUT2D eigenvalue weighted by atomic mass is 10.2. The van der Waals surface area contributed by atoms with Crippen LogP contribution in [0, 0.1) is 5.82 Å². The van der Waals surface area contributed by atoms with Crippen LogP contribution in [-0.2, 0) is 0 Å². The molecule has 0 aliphatic carbocycles. The van der Waals surface area contributed by atoms with Crippen molar-refractivity contribution in [1.82, 2.24) is 15.5 Å². The average molecular weight is 330 g/mol. The normalized spacial score (nSPS) is 12.7. The molecular formula is C12H13BrFN3S. The van der Waals surface area contributed by atoms with Crippen LogP contribution < -0.4 is 5.32 Å². The van der Waals surface area contributed by atoms with Gasteiger partial charge in [-0.1, -0.05) is 30.4 Å². The number of hydrogen-bond acceptors (Lipinski definition) is 4. The van der Waals surface area contributed by atoms with E-state index in [2.05, 4.69) is 31.4 Å². The summed E-state index contributed by atoms with van der Waals surface area (Å²) in [6, 6.07) is 5.07. The summed E-state index contributed by atoms with van der Waals surface area (Å²) >= 11 is 4.72. The van der Waals surface area contributed by atoms with Gasteiger partial charge in [0.15, 0.2) is 0 Å². The maximum absolute atomic E-state index is 13.4. The van der Waals surface area contributed by atoms with Crippen molar-refractivity contribution in [2.75, 3.05) is 6.54 Å². The molecule has 1 atom stereocenters. The first-order chi connectivity index (χ1) is 8.63. The van der Waals surface area contributed by atoms with Gasteiger partial charge in [0.05, 0.1) is 10.5 Å². The van der Waals surface area contributed by atoms with Crippen LogP contribution in [0.15, 0.2) is 22.7 Å². The van der Waals surface area contributed by atoms with Gasteiger partial charge in [0.2, 0.25) is 0 Å². The summed E-state index contributed by atoms with van der Waals surface area (Å²) < 4.78 is 13.9. The molecule has 0 radical (unpaired) electrons. The fourth-order valence-electron chi connectivity index (χ4n) is 1.58. The van der Waals surface area contributed by atoms with Crippen LogP contribution in [0.3, 0.4) is 0 Å². The molecule has 0 saturated heterocycles. The molecule has 0 amide bonds. The van der Waals surface area contributed by atoms with Gasteiger partial charge in [-0.25, -0.2) is 4.39 Å². The summed E-state index contributed by atoms with van der Waals surface area (Å²) in [7, 11) is 0.